The van der Waals surface area contributed by atoms with Gasteiger partial charge in [-0.25, -0.2) is 0 Å². The largest absolute Gasteiger partial charge is 0.469 e. The second-order valence-electron chi connectivity index (χ2n) is 3.27. The highest BCUT2D eigenvalue weighted by Crippen LogP contribution is 1.96. The summed E-state index contributed by atoms with van der Waals surface area (Å²) in [6, 6.07) is 0.227. The van der Waals surface area contributed by atoms with Crippen LogP contribution in [0.3, 0.4) is 0 Å². The molecule has 0 aromatic heterocycles. The summed E-state index contributed by atoms with van der Waals surface area (Å²) in [6.07, 6.45) is 0.766. The molecule has 0 amide bonds. The van der Waals surface area contributed by atoms with Gasteiger partial charge in [0.2, 0.25) is 0 Å². The smallest absolute Gasteiger partial charge is 0.306 e. The van der Waals surface area contributed by atoms with E-state index in [1.807, 2.05) is 6.92 Å². The first kappa shape index (κ1) is 12.4. The zero-order valence-corrected chi connectivity index (χ0v) is 8.54. The lowest BCUT2D eigenvalue weighted by Gasteiger charge is -2.14. The number of methoxy groups -OCH3 is 1. The molecule has 78 valence electrons. The standard InChI is InChI=1S/C9H19NO3/c1-7(6-8(2)11)10-5-4-9(12)13-3/h7-8,10-11H,4-6H2,1-3H3. The maximum atomic E-state index is 10.7. The fourth-order valence-corrected chi connectivity index (χ4v) is 1.12. The first-order chi connectivity index (χ1) is 6.06. The minimum absolute atomic E-state index is 0.211. The Morgan fingerprint density at radius 2 is 2.15 bits per heavy atom. The van der Waals surface area contributed by atoms with Crippen molar-refractivity contribution < 1.29 is 14.6 Å². The van der Waals surface area contributed by atoms with E-state index in [0.717, 1.165) is 0 Å². The van der Waals surface area contributed by atoms with Gasteiger partial charge in [0.1, 0.15) is 0 Å². The number of aliphatic hydroxyl groups is 1. The van der Waals surface area contributed by atoms with Crippen LogP contribution in [0.5, 0.6) is 0 Å². The van der Waals surface area contributed by atoms with Crippen LogP contribution in [0.25, 0.3) is 0 Å². The number of carbonyl (C=O) groups is 1. The molecule has 0 aromatic carbocycles. The molecular formula is C9H19NO3. The molecule has 0 fully saturated rings. The molecule has 0 aliphatic heterocycles. The lowest BCUT2D eigenvalue weighted by molar-refractivity contribution is -0.140. The highest BCUT2D eigenvalue weighted by atomic mass is 16.5. The van der Waals surface area contributed by atoms with E-state index in [9.17, 15) is 4.79 Å². The van der Waals surface area contributed by atoms with Gasteiger partial charge in [-0.05, 0) is 20.3 Å². The third kappa shape index (κ3) is 7.74. The summed E-state index contributed by atoms with van der Waals surface area (Å²) >= 11 is 0. The zero-order chi connectivity index (χ0) is 10.3. The van der Waals surface area contributed by atoms with E-state index < -0.39 is 0 Å². The third-order valence-corrected chi connectivity index (χ3v) is 1.74. The zero-order valence-electron chi connectivity index (χ0n) is 8.54. The van der Waals surface area contributed by atoms with Gasteiger partial charge in [0.15, 0.2) is 0 Å². The van der Waals surface area contributed by atoms with E-state index in [0.29, 0.717) is 19.4 Å². The number of hydrogen-bond donors (Lipinski definition) is 2. The van der Waals surface area contributed by atoms with Crippen molar-refractivity contribution in [1.82, 2.24) is 5.32 Å². The molecule has 2 unspecified atom stereocenters. The first-order valence-corrected chi connectivity index (χ1v) is 4.54. The molecule has 0 aliphatic carbocycles. The first-order valence-electron chi connectivity index (χ1n) is 4.54. The Labute approximate surface area is 79.3 Å². The monoisotopic (exact) mass is 189 g/mol. The summed E-state index contributed by atoms with van der Waals surface area (Å²) < 4.78 is 4.48. The van der Waals surface area contributed by atoms with E-state index >= 15 is 0 Å². The topological polar surface area (TPSA) is 58.6 Å². The van der Waals surface area contributed by atoms with Crippen LogP contribution in [0.15, 0.2) is 0 Å². The third-order valence-electron chi connectivity index (χ3n) is 1.74. The Balaban J connectivity index is 3.36. The van der Waals surface area contributed by atoms with Gasteiger partial charge in [0.25, 0.3) is 0 Å². The number of rotatable bonds is 6. The molecular weight excluding hydrogens is 170 g/mol. The number of ether oxygens (including phenoxy) is 1. The average molecular weight is 189 g/mol. The molecule has 0 saturated heterocycles. The van der Waals surface area contributed by atoms with Crippen molar-refractivity contribution in [1.29, 1.82) is 0 Å². The summed E-state index contributed by atoms with van der Waals surface area (Å²) in [5.74, 6) is -0.211. The van der Waals surface area contributed by atoms with Crippen LogP contribution in [0.4, 0.5) is 0 Å². The van der Waals surface area contributed by atoms with Crippen molar-refractivity contribution in [2.45, 2.75) is 38.8 Å². The van der Waals surface area contributed by atoms with E-state index in [-0.39, 0.29) is 18.1 Å². The molecule has 0 spiro atoms. The second kappa shape index (κ2) is 6.86. The van der Waals surface area contributed by atoms with Crippen molar-refractivity contribution in [3.63, 3.8) is 0 Å². The van der Waals surface area contributed by atoms with Crippen LogP contribution in [0.1, 0.15) is 26.7 Å². The van der Waals surface area contributed by atoms with Crippen molar-refractivity contribution in [2.75, 3.05) is 13.7 Å². The minimum atomic E-state index is -0.305. The van der Waals surface area contributed by atoms with Crippen molar-refractivity contribution in [2.24, 2.45) is 0 Å². The van der Waals surface area contributed by atoms with E-state index in [2.05, 4.69) is 10.1 Å². The highest BCUT2D eigenvalue weighted by Gasteiger charge is 2.06. The quantitative estimate of drug-likeness (QED) is 0.590. The molecule has 4 heteroatoms. The fraction of sp³-hybridized carbons (Fsp3) is 0.889. The molecule has 0 bridgehead atoms. The Kier molecular flexibility index (Phi) is 6.54. The van der Waals surface area contributed by atoms with Gasteiger partial charge in [0.05, 0.1) is 19.6 Å². The van der Waals surface area contributed by atoms with Crippen LogP contribution >= 0.6 is 0 Å². The van der Waals surface area contributed by atoms with Gasteiger partial charge in [-0.2, -0.15) is 0 Å². The van der Waals surface area contributed by atoms with E-state index in [1.54, 1.807) is 6.92 Å². The molecule has 2 atom stereocenters. The number of nitrogens with one attached hydrogen (secondary N) is 1. The maximum Gasteiger partial charge on any atom is 0.306 e. The van der Waals surface area contributed by atoms with E-state index in [1.165, 1.54) is 7.11 Å². The summed E-state index contributed by atoms with van der Waals surface area (Å²) in [7, 11) is 1.38. The predicted octanol–water partition coefficient (Wildman–Crippen LogP) is 0.299. The molecule has 0 heterocycles. The number of carbonyl (C=O) groups excluding carboxylic acids is 1. The fourth-order valence-electron chi connectivity index (χ4n) is 1.12. The molecule has 4 nitrogen and oxygen atoms in total. The minimum Gasteiger partial charge on any atom is -0.469 e. The normalized spacial score (nSPS) is 15.1. The summed E-state index contributed by atoms with van der Waals surface area (Å²) in [4.78, 5) is 10.7. The average Bonchev–Trinajstić information content (AvgIpc) is 2.02. The van der Waals surface area contributed by atoms with Gasteiger partial charge in [-0.1, -0.05) is 0 Å². The Morgan fingerprint density at radius 3 is 2.62 bits per heavy atom. The van der Waals surface area contributed by atoms with Crippen LogP contribution in [0.2, 0.25) is 0 Å². The molecule has 0 aliphatic rings. The molecule has 0 radical (unpaired) electrons. The second-order valence-corrected chi connectivity index (χ2v) is 3.27. The van der Waals surface area contributed by atoms with Crippen LogP contribution in [0, 0.1) is 0 Å². The van der Waals surface area contributed by atoms with Crippen LogP contribution in [-0.4, -0.2) is 36.9 Å². The SMILES string of the molecule is COC(=O)CCNC(C)CC(C)O. The van der Waals surface area contributed by atoms with Crippen LogP contribution in [-0.2, 0) is 9.53 Å². The lowest BCUT2D eigenvalue weighted by Crippen LogP contribution is -2.31. The van der Waals surface area contributed by atoms with Gasteiger partial charge in [0, 0.05) is 12.6 Å². The van der Waals surface area contributed by atoms with Crippen molar-refractivity contribution in [3.8, 4) is 0 Å². The number of hydrogen-bond acceptors (Lipinski definition) is 4. The van der Waals surface area contributed by atoms with Gasteiger partial charge < -0.3 is 15.2 Å². The Morgan fingerprint density at radius 1 is 1.54 bits per heavy atom. The molecule has 13 heavy (non-hydrogen) atoms. The highest BCUT2D eigenvalue weighted by molar-refractivity contribution is 5.69. The molecule has 0 saturated carbocycles. The summed E-state index contributed by atoms with van der Waals surface area (Å²) in [6.45, 7) is 4.32. The summed E-state index contributed by atoms with van der Waals surface area (Å²) in [5.41, 5.74) is 0. The predicted molar refractivity (Wildman–Crippen MR) is 50.4 cm³/mol. The number of aliphatic hydroxyl groups excluding tert-OH is 1. The maximum absolute atomic E-state index is 10.7. The van der Waals surface area contributed by atoms with Gasteiger partial charge in [-0.3, -0.25) is 4.79 Å². The van der Waals surface area contributed by atoms with Crippen LogP contribution < -0.4 is 5.32 Å². The summed E-state index contributed by atoms with van der Waals surface area (Å²) in [5, 5.41) is 12.2. The van der Waals surface area contributed by atoms with Gasteiger partial charge >= 0.3 is 5.97 Å². The van der Waals surface area contributed by atoms with Gasteiger partial charge in [-0.15, -0.1) is 0 Å². The Bertz CT molecular complexity index is 148. The number of esters is 1. The Hall–Kier alpha value is -0.610. The van der Waals surface area contributed by atoms with Crippen molar-refractivity contribution >= 4 is 5.97 Å². The molecule has 2 N–H and O–H groups in total. The van der Waals surface area contributed by atoms with Crippen molar-refractivity contribution in [3.05, 3.63) is 0 Å². The van der Waals surface area contributed by atoms with E-state index in [4.69, 9.17) is 5.11 Å². The molecule has 0 aromatic rings. The molecule has 0 rings (SSSR count). The lowest BCUT2D eigenvalue weighted by atomic mass is 10.1.